The Morgan fingerprint density at radius 2 is 2.14 bits per heavy atom. The van der Waals surface area contributed by atoms with Crippen LogP contribution in [0.5, 0.6) is 0 Å². The molecular weight excluding hydrogens is 312 g/mol. The van der Waals surface area contributed by atoms with Crippen molar-refractivity contribution in [1.82, 2.24) is 10.2 Å². The number of thiophene rings is 1. The quantitative estimate of drug-likeness (QED) is 0.796. The van der Waals surface area contributed by atoms with E-state index in [0.717, 1.165) is 35.3 Å². The molecule has 1 saturated heterocycles. The summed E-state index contributed by atoms with van der Waals surface area (Å²) in [7, 11) is 0. The van der Waals surface area contributed by atoms with Gasteiger partial charge in [0.15, 0.2) is 0 Å². The molecule has 2 rings (SSSR count). The predicted octanol–water partition coefficient (Wildman–Crippen LogP) is 3.96. The van der Waals surface area contributed by atoms with Crippen LogP contribution in [-0.2, 0) is 0 Å². The fraction of sp³-hybridized carbons (Fsp3) is 0.706. The largest absolute Gasteiger partial charge is 0.350 e. The molecule has 1 aliphatic rings. The Bertz CT molecular complexity index is 479. The molecule has 1 N–H and O–H groups in total. The van der Waals surface area contributed by atoms with Gasteiger partial charge in [0, 0.05) is 17.5 Å². The maximum atomic E-state index is 12.4. The van der Waals surface area contributed by atoms with Crippen molar-refractivity contribution in [2.24, 2.45) is 11.8 Å². The number of piperidine rings is 1. The van der Waals surface area contributed by atoms with Crippen molar-refractivity contribution in [3.63, 3.8) is 0 Å². The smallest absolute Gasteiger partial charge is 0.262 e. The first-order valence-corrected chi connectivity index (χ1v) is 10.3. The van der Waals surface area contributed by atoms with Crippen LogP contribution in [-0.4, -0.2) is 42.7 Å². The fourth-order valence-corrected chi connectivity index (χ4v) is 4.71. The number of carbonyl (C=O) groups is 1. The summed E-state index contributed by atoms with van der Waals surface area (Å²) in [6, 6.07) is 2.46. The number of carbonyl (C=O) groups excluding carboxylic acids is 1. The maximum Gasteiger partial charge on any atom is 0.262 e. The van der Waals surface area contributed by atoms with E-state index in [4.69, 9.17) is 0 Å². The molecule has 5 heteroatoms. The number of thioether (sulfide) groups is 1. The van der Waals surface area contributed by atoms with Gasteiger partial charge in [-0.3, -0.25) is 9.69 Å². The Morgan fingerprint density at radius 1 is 1.45 bits per heavy atom. The number of nitrogens with zero attached hydrogens (tertiary/aromatic N) is 1. The van der Waals surface area contributed by atoms with Gasteiger partial charge in [-0.25, -0.2) is 0 Å². The van der Waals surface area contributed by atoms with Gasteiger partial charge in [0.1, 0.15) is 4.88 Å². The summed E-state index contributed by atoms with van der Waals surface area (Å²) in [5.41, 5.74) is 0. The Labute approximate surface area is 142 Å². The lowest BCUT2D eigenvalue weighted by molar-refractivity contribution is 0.0864. The van der Waals surface area contributed by atoms with E-state index < -0.39 is 0 Å². The highest BCUT2D eigenvalue weighted by Crippen LogP contribution is 2.26. The standard InChI is InChI=1S/C17H28N2OS2/c1-12(2)14(19-8-5-13(3)6-9-19)11-18-17(20)16-15(21-4)7-10-22-16/h7,10,12-14H,5-6,8-9,11H2,1-4H3,(H,18,20). The first kappa shape index (κ1) is 17.8. The lowest BCUT2D eigenvalue weighted by Gasteiger charge is -2.38. The first-order valence-electron chi connectivity index (χ1n) is 8.16. The van der Waals surface area contributed by atoms with E-state index in [0.29, 0.717) is 12.0 Å². The van der Waals surface area contributed by atoms with Crippen molar-refractivity contribution in [2.45, 2.75) is 44.6 Å². The number of amides is 1. The van der Waals surface area contributed by atoms with Crippen molar-refractivity contribution in [3.05, 3.63) is 16.3 Å². The summed E-state index contributed by atoms with van der Waals surface area (Å²) in [4.78, 5) is 16.9. The highest BCUT2D eigenvalue weighted by Gasteiger charge is 2.26. The monoisotopic (exact) mass is 340 g/mol. The van der Waals surface area contributed by atoms with E-state index in [2.05, 4.69) is 31.0 Å². The number of hydrogen-bond acceptors (Lipinski definition) is 4. The molecule has 2 heterocycles. The van der Waals surface area contributed by atoms with E-state index in [1.165, 1.54) is 24.2 Å². The summed E-state index contributed by atoms with van der Waals surface area (Å²) in [6.45, 7) is 9.92. The molecular formula is C17H28N2OS2. The fourth-order valence-electron chi connectivity index (χ4n) is 3.05. The van der Waals surface area contributed by atoms with Crippen LogP contribution in [0.3, 0.4) is 0 Å². The van der Waals surface area contributed by atoms with Crippen molar-refractivity contribution >= 4 is 29.0 Å². The van der Waals surface area contributed by atoms with Crippen LogP contribution < -0.4 is 5.32 Å². The molecule has 1 aromatic rings. The maximum absolute atomic E-state index is 12.4. The van der Waals surface area contributed by atoms with E-state index in [1.807, 2.05) is 17.7 Å². The van der Waals surface area contributed by atoms with Crippen LogP contribution in [0.1, 0.15) is 43.3 Å². The summed E-state index contributed by atoms with van der Waals surface area (Å²) >= 11 is 3.17. The number of hydrogen-bond donors (Lipinski definition) is 1. The number of rotatable bonds is 6. The predicted molar refractivity (Wildman–Crippen MR) is 97.0 cm³/mol. The molecule has 3 nitrogen and oxygen atoms in total. The summed E-state index contributed by atoms with van der Waals surface area (Å²) in [5, 5.41) is 5.16. The van der Waals surface area contributed by atoms with E-state index in [-0.39, 0.29) is 5.91 Å². The highest BCUT2D eigenvalue weighted by molar-refractivity contribution is 7.98. The molecule has 22 heavy (non-hydrogen) atoms. The van der Waals surface area contributed by atoms with Crippen molar-refractivity contribution < 1.29 is 4.79 Å². The van der Waals surface area contributed by atoms with Crippen LogP contribution in [0.2, 0.25) is 0 Å². The van der Waals surface area contributed by atoms with Crippen molar-refractivity contribution in [3.8, 4) is 0 Å². The third-order valence-corrected chi connectivity index (χ3v) is 6.41. The second-order valence-electron chi connectivity index (χ2n) is 6.56. The van der Waals surface area contributed by atoms with Gasteiger partial charge >= 0.3 is 0 Å². The Balaban J connectivity index is 1.93. The molecule has 1 atom stereocenters. The summed E-state index contributed by atoms with van der Waals surface area (Å²) in [5.74, 6) is 1.47. The van der Waals surface area contributed by atoms with Gasteiger partial charge in [0.2, 0.25) is 0 Å². The van der Waals surface area contributed by atoms with Gasteiger partial charge in [-0.05, 0) is 55.5 Å². The SMILES string of the molecule is CSc1ccsc1C(=O)NCC(C(C)C)N1CCC(C)CC1. The van der Waals surface area contributed by atoms with Crippen molar-refractivity contribution in [1.29, 1.82) is 0 Å². The minimum Gasteiger partial charge on any atom is -0.350 e. The molecule has 0 aromatic carbocycles. The molecule has 124 valence electrons. The van der Waals surface area contributed by atoms with Crippen molar-refractivity contribution in [2.75, 3.05) is 25.9 Å². The van der Waals surface area contributed by atoms with Crippen LogP contribution in [0.4, 0.5) is 0 Å². The Kier molecular flexibility index (Phi) is 6.78. The van der Waals surface area contributed by atoms with Gasteiger partial charge in [0.25, 0.3) is 5.91 Å². The van der Waals surface area contributed by atoms with Crippen LogP contribution >= 0.6 is 23.1 Å². The second kappa shape index (κ2) is 8.37. The number of nitrogens with one attached hydrogen (secondary N) is 1. The molecule has 0 spiro atoms. The van der Waals surface area contributed by atoms with Gasteiger partial charge in [-0.15, -0.1) is 23.1 Å². The third-order valence-electron chi connectivity index (χ3n) is 4.58. The zero-order chi connectivity index (χ0) is 16.1. The molecule has 0 aliphatic carbocycles. The second-order valence-corrected chi connectivity index (χ2v) is 8.32. The topological polar surface area (TPSA) is 32.3 Å². The molecule has 0 bridgehead atoms. The minimum atomic E-state index is 0.0791. The van der Waals surface area contributed by atoms with Crippen LogP contribution in [0, 0.1) is 11.8 Å². The Morgan fingerprint density at radius 3 is 2.73 bits per heavy atom. The lowest BCUT2D eigenvalue weighted by Crippen LogP contribution is -2.49. The third kappa shape index (κ3) is 4.49. The van der Waals surface area contributed by atoms with E-state index >= 15 is 0 Å². The lowest BCUT2D eigenvalue weighted by atomic mass is 9.94. The van der Waals surface area contributed by atoms with E-state index in [1.54, 1.807) is 11.8 Å². The molecule has 1 fully saturated rings. The normalized spacial score (nSPS) is 18.6. The average Bonchev–Trinajstić information content (AvgIpc) is 2.97. The molecule has 1 aromatic heterocycles. The van der Waals surface area contributed by atoms with Crippen LogP contribution in [0.15, 0.2) is 16.3 Å². The summed E-state index contributed by atoms with van der Waals surface area (Å²) < 4.78 is 0. The average molecular weight is 341 g/mol. The molecule has 1 unspecified atom stereocenters. The molecule has 0 saturated carbocycles. The van der Waals surface area contributed by atoms with Gasteiger partial charge in [-0.2, -0.15) is 0 Å². The van der Waals surface area contributed by atoms with Gasteiger partial charge in [0.05, 0.1) is 0 Å². The zero-order valence-corrected chi connectivity index (χ0v) is 15.7. The highest BCUT2D eigenvalue weighted by atomic mass is 32.2. The minimum absolute atomic E-state index is 0.0791. The molecule has 0 radical (unpaired) electrons. The number of likely N-dealkylation sites (tertiary alicyclic amines) is 1. The Hall–Kier alpha value is -0.520. The molecule has 1 aliphatic heterocycles. The molecule has 1 amide bonds. The first-order chi connectivity index (χ1) is 10.5. The zero-order valence-electron chi connectivity index (χ0n) is 14.1. The van der Waals surface area contributed by atoms with Crippen LogP contribution in [0.25, 0.3) is 0 Å². The van der Waals surface area contributed by atoms with Gasteiger partial charge < -0.3 is 5.32 Å². The van der Waals surface area contributed by atoms with Gasteiger partial charge in [-0.1, -0.05) is 20.8 Å². The van der Waals surface area contributed by atoms with E-state index in [9.17, 15) is 4.79 Å². The summed E-state index contributed by atoms with van der Waals surface area (Å²) in [6.07, 6.45) is 4.57.